The van der Waals surface area contributed by atoms with Crippen molar-refractivity contribution < 1.29 is 27.4 Å². The number of ether oxygens (including phenoxy) is 3. The summed E-state index contributed by atoms with van der Waals surface area (Å²) in [6.45, 7) is 7.15. The van der Waals surface area contributed by atoms with Crippen molar-refractivity contribution in [1.82, 2.24) is 10.6 Å². The minimum absolute atomic E-state index is 0. The largest absolute Gasteiger partial charge is 0.492 e. The van der Waals surface area contributed by atoms with Crippen LogP contribution in [0.4, 0.5) is 13.2 Å². The highest BCUT2D eigenvalue weighted by Gasteiger charge is 2.30. The fraction of sp³-hybridized carbons (Fsp3) is 0.650. The Morgan fingerprint density at radius 3 is 2.60 bits per heavy atom. The Bertz CT molecular complexity index is 610. The van der Waals surface area contributed by atoms with Crippen LogP contribution in [0.5, 0.6) is 5.75 Å². The first-order valence-electron chi connectivity index (χ1n) is 9.96. The van der Waals surface area contributed by atoms with Crippen molar-refractivity contribution in [2.75, 3.05) is 52.7 Å². The molecule has 0 aromatic heterocycles. The lowest BCUT2D eigenvalue weighted by atomic mass is 10.1. The fourth-order valence-corrected chi connectivity index (χ4v) is 2.74. The Hall–Kier alpha value is -1.27. The van der Waals surface area contributed by atoms with Crippen LogP contribution in [0, 0.1) is 5.92 Å². The number of halogens is 4. The van der Waals surface area contributed by atoms with Crippen LogP contribution in [0.15, 0.2) is 29.3 Å². The monoisotopic (exact) mass is 545 g/mol. The molecule has 30 heavy (non-hydrogen) atoms. The Labute approximate surface area is 193 Å². The minimum atomic E-state index is -4.34. The Morgan fingerprint density at radius 1 is 1.20 bits per heavy atom. The van der Waals surface area contributed by atoms with Crippen LogP contribution in [0.2, 0.25) is 0 Å². The maximum Gasteiger partial charge on any atom is 0.416 e. The number of hydrogen-bond acceptors (Lipinski definition) is 4. The molecule has 0 spiro atoms. The first kappa shape index (κ1) is 26.8. The number of nitrogens with zero attached hydrogens (tertiary/aromatic N) is 1. The van der Waals surface area contributed by atoms with E-state index in [1.807, 2.05) is 6.92 Å². The lowest BCUT2D eigenvalue weighted by Crippen LogP contribution is -2.39. The quantitative estimate of drug-likeness (QED) is 0.192. The van der Waals surface area contributed by atoms with Gasteiger partial charge in [-0.15, -0.1) is 24.0 Å². The highest BCUT2D eigenvalue weighted by atomic mass is 127. The third kappa shape index (κ3) is 10.7. The molecule has 1 saturated heterocycles. The molecule has 1 aromatic carbocycles. The van der Waals surface area contributed by atoms with E-state index in [1.54, 1.807) is 0 Å². The van der Waals surface area contributed by atoms with Gasteiger partial charge in [-0.1, -0.05) is 0 Å². The highest BCUT2D eigenvalue weighted by molar-refractivity contribution is 14.0. The molecule has 2 N–H and O–H groups in total. The van der Waals surface area contributed by atoms with Gasteiger partial charge in [0.1, 0.15) is 12.4 Å². The first-order chi connectivity index (χ1) is 14.0. The molecule has 1 aliphatic heterocycles. The van der Waals surface area contributed by atoms with Gasteiger partial charge in [-0.3, -0.25) is 4.99 Å². The summed E-state index contributed by atoms with van der Waals surface area (Å²) in [5.41, 5.74) is -0.690. The van der Waals surface area contributed by atoms with Crippen LogP contribution in [0.1, 0.15) is 25.3 Å². The summed E-state index contributed by atoms with van der Waals surface area (Å²) < 4.78 is 54.1. The molecule has 0 bridgehead atoms. The van der Waals surface area contributed by atoms with Gasteiger partial charge in [0.2, 0.25) is 0 Å². The van der Waals surface area contributed by atoms with Crippen molar-refractivity contribution in [3.8, 4) is 5.75 Å². The van der Waals surface area contributed by atoms with Crippen LogP contribution in [0.25, 0.3) is 0 Å². The molecular weight excluding hydrogens is 514 g/mol. The fourth-order valence-electron chi connectivity index (χ4n) is 2.74. The second-order valence-corrected chi connectivity index (χ2v) is 6.72. The van der Waals surface area contributed by atoms with Gasteiger partial charge in [0.15, 0.2) is 5.96 Å². The summed E-state index contributed by atoms with van der Waals surface area (Å²) in [6, 6.07) is 4.66. The number of hydrogen-bond donors (Lipinski definition) is 2. The highest BCUT2D eigenvalue weighted by Crippen LogP contribution is 2.30. The van der Waals surface area contributed by atoms with Gasteiger partial charge in [0.05, 0.1) is 25.3 Å². The van der Waals surface area contributed by atoms with Crippen molar-refractivity contribution in [3.63, 3.8) is 0 Å². The molecule has 2 rings (SSSR count). The van der Waals surface area contributed by atoms with E-state index in [4.69, 9.17) is 14.2 Å². The Morgan fingerprint density at radius 2 is 1.97 bits per heavy atom. The van der Waals surface area contributed by atoms with E-state index in [2.05, 4.69) is 15.6 Å². The van der Waals surface area contributed by atoms with E-state index in [0.29, 0.717) is 43.9 Å². The smallest absolute Gasteiger partial charge is 0.416 e. The molecule has 1 atom stereocenters. The van der Waals surface area contributed by atoms with Gasteiger partial charge < -0.3 is 24.8 Å². The predicted octanol–water partition coefficient (Wildman–Crippen LogP) is 3.70. The van der Waals surface area contributed by atoms with E-state index < -0.39 is 11.7 Å². The van der Waals surface area contributed by atoms with Crippen LogP contribution in [0.3, 0.4) is 0 Å². The van der Waals surface area contributed by atoms with Crippen LogP contribution in [-0.2, 0) is 15.7 Å². The lowest BCUT2D eigenvalue weighted by molar-refractivity contribution is -0.137. The van der Waals surface area contributed by atoms with Crippen LogP contribution in [-0.4, -0.2) is 58.6 Å². The average Bonchev–Trinajstić information content (AvgIpc) is 3.21. The average molecular weight is 545 g/mol. The number of guanidine groups is 1. The van der Waals surface area contributed by atoms with Gasteiger partial charge in [-0.2, -0.15) is 13.2 Å². The third-order valence-corrected chi connectivity index (χ3v) is 4.28. The zero-order valence-electron chi connectivity index (χ0n) is 17.2. The molecular formula is C20H31F3IN3O3. The molecule has 0 radical (unpaired) electrons. The number of benzene rings is 1. The maximum absolute atomic E-state index is 12.5. The van der Waals surface area contributed by atoms with Crippen molar-refractivity contribution in [3.05, 3.63) is 29.8 Å². The molecule has 0 amide bonds. The molecule has 0 saturated carbocycles. The molecule has 1 aliphatic rings. The number of rotatable bonds is 11. The van der Waals surface area contributed by atoms with Gasteiger partial charge in [0.25, 0.3) is 0 Å². The molecule has 0 aliphatic carbocycles. The molecule has 10 heteroatoms. The minimum Gasteiger partial charge on any atom is -0.492 e. The van der Waals surface area contributed by atoms with Gasteiger partial charge >= 0.3 is 6.18 Å². The zero-order valence-corrected chi connectivity index (χ0v) is 19.5. The lowest BCUT2D eigenvalue weighted by Gasteiger charge is -2.13. The topological polar surface area (TPSA) is 64.1 Å². The first-order valence-corrected chi connectivity index (χ1v) is 9.96. The van der Waals surface area contributed by atoms with Gasteiger partial charge in [-0.05, 0) is 44.0 Å². The second-order valence-electron chi connectivity index (χ2n) is 6.72. The SMILES string of the molecule is CCNC(=NCCCOCC1CCOC1)NCCOc1ccc(C(F)(F)F)cc1.I. The Balaban J connectivity index is 0.00000450. The normalized spacial score (nSPS) is 16.8. The van der Waals surface area contributed by atoms with E-state index in [-0.39, 0.29) is 24.0 Å². The van der Waals surface area contributed by atoms with Crippen molar-refractivity contribution in [2.24, 2.45) is 10.9 Å². The molecule has 6 nitrogen and oxygen atoms in total. The van der Waals surface area contributed by atoms with E-state index in [0.717, 1.165) is 51.3 Å². The second kappa shape index (κ2) is 14.7. The summed E-state index contributed by atoms with van der Waals surface area (Å²) in [5.74, 6) is 1.58. The van der Waals surface area contributed by atoms with Crippen LogP contribution < -0.4 is 15.4 Å². The number of aliphatic imine (C=N–C) groups is 1. The van der Waals surface area contributed by atoms with Gasteiger partial charge in [-0.25, -0.2) is 0 Å². The maximum atomic E-state index is 12.5. The van der Waals surface area contributed by atoms with E-state index in [9.17, 15) is 13.2 Å². The van der Waals surface area contributed by atoms with Crippen molar-refractivity contribution >= 4 is 29.9 Å². The summed E-state index contributed by atoms with van der Waals surface area (Å²) in [5, 5.41) is 6.28. The number of alkyl halides is 3. The molecule has 1 fully saturated rings. The van der Waals surface area contributed by atoms with Crippen LogP contribution >= 0.6 is 24.0 Å². The third-order valence-electron chi connectivity index (χ3n) is 4.28. The molecule has 1 heterocycles. The van der Waals surface area contributed by atoms with Crippen molar-refractivity contribution in [2.45, 2.75) is 25.9 Å². The summed E-state index contributed by atoms with van der Waals surface area (Å²) in [6.07, 6.45) is -2.44. The summed E-state index contributed by atoms with van der Waals surface area (Å²) in [7, 11) is 0. The molecule has 172 valence electrons. The van der Waals surface area contributed by atoms with E-state index >= 15 is 0 Å². The van der Waals surface area contributed by atoms with Gasteiger partial charge in [0, 0.05) is 32.2 Å². The Kier molecular flexibility index (Phi) is 13.1. The molecule has 1 unspecified atom stereocenters. The zero-order chi connectivity index (χ0) is 21.0. The van der Waals surface area contributed by atoms with Crippen molar-refractivity contribution in [1.29, 1.82) is 0 Å². The summed E-state index contributed by atoms with van der Waals surface area (Å²) >= 11 is 0. The number of nitrogens with one attached hydrogen (secondary N) is 2. The van der Waals surface area contributed by atoms with E-state index in [1.165, 1.54) is 12.1 Å². The standard InChI is InChI=1S/C20H30F3N3O3.HI/c1-2-24-19(25-9-3-11-27-14-16-8-12-28-15-16)26-10-13-29-18-6-4-17(5-7-18)20(21,22)23;/h4-7,16H,2-3,8-15H2,1H3,(H2,24,25,26);1H. The molecule has 1 aromatic rings. The predicted molar refractivity (Wildman–Crippen MR) is 121 cm³/mol. The summed E-state index contributed by atoms with van der Waals surface area (Å²) in [4.78, 5) is 4.48.